The maximum absolute atomic E-state index is 11.6. The highest BCUT2D eigenvalue weighted by Crippen LogP contribution is 2.11. The second-order valence-electron chi connectivity index (χ2n) is 4.30. The number of benzene rings is 1. The molecule has 0 aromatic heterocycles. The van der Waals surface area contributed by atoms with Gasteiger partial charge in [-0.1, -0.05) is 44.4 Å². The zero-order chi connectivity index (χ0) is 13.2. The third-order valence-electron chi connectivity index (χ3n) is 2.63. The lowest BCUT2D eigenvalue weighted by atomic mass is 10.2. The van der Waals surface area contributed by atoms with Gasteiger partial charge in [-0.2, -0.15) is 0 Å². The molecule has 1 atom stereocenters. The van der Waals surface area contributed by atoms with Crippen molar-refractivity contribution in [1.82, 2.24) is 0 Å². The van der Waals surface area contributed by atoms with E-state index in [-0.39, 0.29) is 5.97 Å². The Bertz CT molecular complexity index is 335. The molecule has 0 radical (unpaired) electrons. The first-order chi connectivity index (χ1) is 8.74. The fraction of sp³-hybridized carbons (Fsp3) is 0.533. The van der Waals surface area contributed by atoms with E-state index in [1.54, 1.807) is 6.92 Å². The Kier molecular flexibility index (Phi) is 6.92. The van der Waals surface area contributed by atoms with Gasteiger partial charge < -0.3 is 9.47 Å². The van der Waals surface area contributed by atoms with Crippen LogP contribution < -0.4 is 4.74 Å². The van der Waals surface area contributed by atoms with Crippen molar-refractivity contribution in [2.75, 3.05) is 6.61 Å². The van der Waals surface area contributed by atoms with E-state index in [4.69, 9.17) is 9.47 Å². The molecule has 0 heterocycles. The van der Waals surface area contributed by atoms with Gasteiger partial charge in [0.1, 0.15) is 5.75 Å². The highest BCUT2D eigenvalue weighted by molar-refractivity contribution is 5.74. The average Bonchev–Trinajstić information content (AvgIpc) is 2.39. The lowest BCUT2D eigenvalue weighted by Crippen LogP contribution is -2.26. The zero-order valence-corrected chi connectivity index (χ0v) is 11.2. The SMILES string of the molecule is CCCCCCOC(=O)C(C)Oc1ccccc1. The molecule has 0 N–H and O–H groups in total. The molecule has 0 aliphatic rings. The van der Waals surface area contributed by atoms with Crippen LogP contribution in [0.25, 0.3) is 0 Å². The van der Waals surface area contributed by atoms with E-state index in [0.29, 0.717) is 12.4 Å². The predicted octanol–water partition coefficient (Wildman–Crippen LogP) is 3.58. The quantitative estimate of drug-likeness (QED) is 0.522. The van der Waals surface area contributed by atoms with Gasteiger partial charge in [-0.05, 0) is 25.5 Å². The van der Waals surface area contributed by atoms with Crippen LogP contribution in [0.15, 0.2) is 30.3 Å². The van der Waals surface area contributed by atoms with Crippen LogP contribution >= 0.6 is 0 Å². The molecule has 3 heteroatoms. The second kappa shape index (κ2) is 8.56. The summed E-state index contributed by atoms with van der Waals surface area (Å²) >= 11 is 0. The molecular weight excluding hydrogens is 228 g/mol. The summed E-state index contributed by atoms with van der Waals surface area (Å²) < 4.78 is 10.6. The minimum Gasteiger partial charge on any atom is -0.479 e. The van der Waals surface area contributed by atoms with Gasteiger partial charge in [0, 0.05) is 0 Å². The molecule has 0 aliphatic carbocycles. The Hall–Kier alpha value is -1.51. The summed E-state index contributed by atoms with van der Waals surface area (Å²) in [5.41, 5.74) is 0. The van der Waals surface area contributed by atoms with Gasteiger partial charge in [0.05, 0.1) is 6.61 Å². The maximum Gasteiger partial charge on any atom is 0.347 e. The molecule has 0 amide bonds. The van der Waals surface area contributed by atoms with Crippen molar-refractivity contribution in [3.8, 4) is 5.75 Å². The molecule has 3 nitrogen and oxygen atoms in total. The van der Waals surface area contributed by atoms with E-state index in [1.165, 1.54) is 12.8 Å². The van der Waals surface area contributed by atoms with Crippen molar-refractivity contribution >= 4 is 5.97 Å². The van der Waals surface area contributed by atoms with E-state index in [1.807, 2.05) is 30.3 Å². The molecule has 100 valence electrons. The Morgan fingerprint density at radius 2 is 1.89 bits per heavy atom. The number of rotatable bonds is 8. The van der Waals surface area contributed by atoms with Crippen molar-refractivity contribution in [2.45, 2.75) is 45.6 Å². The first-order valence-corrected chi connectivity index (χ1v) is 6.62. The summed E-state index contributed by atoms with van der Waals surface area (Å²) in [5, 5.41) is 0. The molecule has 0 spiro atoms. The summed E-state index contributed by atoms with van der Waals surface area (Å²) in [7, 11) is 0. The third kappa shape index (κ3) is 5.71. The molecule has 1 unspecified atom stereocenters. The number of hydrogen-bond donors (Lipinski definition) is 0. The number of para-hydroxylation sites is 1. The largest absolute Gasteiger partial charge is 0.479 e. The molecule has 0 saturated carbocycles. The molecule has 0 saturated heterocycles. The van der Waals surface area contributed by atoms with E-state index in [2.05, 4.69) is 6.92 Å². The maximum atomic E-state index is 11.6. The Morgan fingerprint density at radius 1 is 1.17 bits per heavy atom. The van der Waals surface area contributed by atoms with E-state index in [0.717, 1.165) is 12.8 Å². The summed E-state index contributed by atoms with van der Waals surface area (Å²) in [4.78, 5) is 11.6. The van der Waals surface area contributed by atoms with Gasteiger partial charge in [0.25, 0.3) is 0 Å². The molecular formula is C15H22O3. The summed E-state index contributed by atoms with van der Waals surface area (Å²) in [5.74, 6) is 0.392. The summed E-state index contributed by atoms with van der Waals surface area (Å²) in [6.45, 7) is 4.35. The van der Waals surface area contributed by atoms with Gasteiger partial charge in [0.15, 0.2) is 6.10 Å². The van der Waals surface area contributed by atoms with Crippen LogP contribution in [0.1, 0.15) is 39.5 Å². The van der Waals surface area contributed by atoms with Crippen LogP contribution in [0.4, 0.5) is 0 Å². The smallest absolute Gasteiger partial charge is 0.347 e. The Morgan fingerprint density at radius 3 is 2.56 bits per heavy atom. The van der Waals surface area contributed by atoms with Gasteiger partial charge >= 0.3 is 5.97 Å². The minimum atomic E-state index is -0.557. The van der Waals surface area contributed by atoms with Gasteiger partial charge in [-0.25, -0.2) is 4.79 Å². The first-order valence-electron chi connectivity index (χ1n) is 6.62. The van der Waals surface area contributed by atoms with Crippen molar-refractivity contribution in [2.24, 2.45) is 0 Å². The molecule has 1 aromatic rings. The number of carbonyl (C=O) groups is 1. The highest BCUT2D eigenvalue weighted by atomic mass is 16.6. The molecule has 0 aliphatic heterocycles. The monoisotopic (exact) mass is 250 g/mol. The van der Waals surface area contributed by atoms with Crippen LogP contribution in [0.5, 0.6) is 5.75 Å². The molecule has 0 bridgehead atoms. The number of hydrogen-bond acceptors (Lipinski definition) is 3. The van der Waals surface area contributed by atoms with Crippen molar-refractivity contribution in [1.29, 1.82) is 0 Å². The van der Waals surface area contributed by atoms with Crippen LogP contribution in [0.2, 0.25) is 0 Å². The molecule has 1 rings (SSSR count). The van der Waals surface area contributed by atoms with Gasteiger partial charge in [0.2, 0.25) is 0 Å². The number of carbonyl (C=O) groups excluding carboxylic acids is 1. The Labute approximate surface area is 109 Å². The number of unbranched alkanes of at least 4 members (excludes halogenated alkanes) is 3. The second-order valence-corrected chi connectivity index (χ2v) is 4.30. The standard InChI is InChI=1S/C15H22O3/c1-3-4-5-9-12-17-15(16)13(2)18-14-10-7-6-8-11-14/h6-8,10-11,13H,3-5,9,12H2,1-2H3. The normalized spacial score (nSPS) is 11.9. The summed E-state index contributed by atoms with van der Waals surface area (Å²) in [6, 6.07) is 9.30. The van der Waals surface area contributed by atoms with Crippen LogP contribution in [-0.4, -0.2) is 18.7 Å². The Balaban J connectivity index is 2.21. The van der Waals surface area contributed by atoms with Crippen LogP contribution in [0.3, 0.4) is 0 Å². The molecule has 0 fully saturated rings. The lowest BCUT2D eigenvalue weighted by molar-refractivity contribution is -0.151. The third-order valence-corrected chi connectivity index (χ3v) is 2.63. The highest BCUT2D eigenvalue weighted by Gasteiger charge is 2.15. The first kappa shape index (κ1) is 14.6. The van der Waals surface area contributed by atoms with Crippen LogP contribution in [-0.2, 0) is 9.53 Å². The number of esters is 1. The lowest BCUT2D eigenvalue weighted by Gasteiger charge is -2.13. The fourth-order valence-electron chi connectivity index (χ4n) is 1.57. The average molecular weight is 250 g/mol. The van der Waals surface area contributed by atoms with Crippen molar-refractivity contribution in [3.63, 3.8) is 0 Å². The van der Waals surface area contributed by atoms with Crippen LogP contribution in [0, 0.1) is 0 Å². The van der Waals surface area contributed by atoms with Crippen molar-refractivity contribution in [3.05, 3.63) is 30.3 Å². The fourth-order valence-corrected chi connectivity index (χ4v) is 1.57. The molecule has 1 aromatic carbocycles. The topological polar surface area (TPSA) is 35.5 Å². The minimum absolute atomic E-state index is 0.296. The van der Waals surface area contributed by atoms with E-state index in [9.17, 15) is 4.79 Å². The van der Waals surface area contributed by atoms with Gasteiger partial charge in [-0.3, -0.25) is 0 Å². The predicted molar refractivity (Wildman–Crippen MR) is 71.6 cm³/mol. The van der Waals surface area contributed by atoms with Gasteiger partial charge in [-0.15, -0.1) is 0 Å². The molecule has 18 heavy (non-hydrogen) atoms. The number of ether oxygens (including phenoxy) is 2. The zero-order valence-electron chi connectivity index (χ0n) is 11.2. The van der Waals surface area contributed by atoms with E-state index >= 15 is 0 Å². The summed E-state index contributed by atoms with van der Waals surface area (Å²) in [6.07, 6.45) is 3.85. The van der Waals surface area contributed by atoms with Crippen molar-refractivity contribution < 1.29 is 14.3 Å². The van der Waals surface area contributed by atoms with E-state index < -0.39 is 6.10 Å².